The number of Topliss-reactive ketones (excluding diaryl/α,β-unsaturated/α-hetero) is 2. The molecule has 4 heteroatoms. The van der Waals surface area contributed by atoms with Gasteiger partial charge in [-0.3, -0.25) is 14.4 Å². The van der Waals surface area contributed by atoms with E-state index in [1.807, 2.05) is 12.2 Å². The highest BCUT2D eigenvalue weighted by molar-refractivity contribution is 6.01. The van der Waals surface area contributed by atoms with Crippen LogP contribution in [0.15, 0.2) is 12.2 Å². The number of carbonyl (C=O) groups excluding carboxylic acids is 3. The fourth-order valence-electron chi connectivity index (χ4n) is 8.92. The summed E-state index contributed by atoms with van der Waals surface area (Å²) in [5, 5.41) is 0. The number of hydrogen-bond acceptors (Lipinski definition) is 4. The lowest BCUT2D eigenvalue weighted by Gasteiger charge is -2.47. The Morgan fingerprint density at radius 1 is 0.839 bits per heavy atom. The first-order chi connectivity index (χ1) is 15.0. The average Bonchev–Trinajstić information content (AvgIpc) is 3.51. The van der Waals surface area contributed by atoms with Crippen molar-refractivity contribution in [2.24, 2.45) is 53.3 Å². The molecule has 6 aliphatic rings. The van der Waals surface area contributed by atoms with Crippen LogP contribution < -0.4 is 0 Å². The number of hydrogen-bond donors (Lipinski definition) is 0. The van der Waals surface area contributed by atoms with Crippen LogP contribution in [0.5, 0.6) is 0 Å². The van der Waals surface area contributed by atoms with E-state index in [2.05, 4.69) is 6.92 Å². The number of ketones is 2. The van der Waals surface area contributed by atoms with Crippen LogP contribution in [-0.2, 0) is 19.1 Å². The van der Waals surface area contributed by atoms with Gasteiger partial charge in [-0.2, -0.15) is 0 Å². The van der Waals surface area contributed by atoms with Crippen molar-refractivity contribution in [3.63, 3.8) is 0 Å². The Balaban J connectivity index is 1.25. The maximum atomic E-state index is 13.7. The van der Waals surface area contributed by atoms with Gasteiger partial charge >= 0.3 is 5.97 Å². The lowest BCUT2D eigenvalue weighted by atomic mass is 9.66. The third-order valence-corrected chi connectivity index (χ3v) is 10.4. The number of fused-ring (bicyclic) bond motifs is 9. The van der Waals surface area contributed by atoms with E-state index in [4.69, 9.17) is 4.74 Å². The van der Waals surface area contributed by atoms with Gasteiger partial charge in [-0.15, -0.1) is 0 Å². The molecule has 5 fully saturated rings. The molecule has 6 rings (SSSR count). The lowest BCUT2D eigenvalue weighted by Crippen LogP contribution is -2.49. The van der Waals surface area contributed by atoms with E-state index < -0.39 is 5.60 Å². The zero-order valence-electron chi connectivity index (χ0n) is 18.8. The van der Waals surface area contributed by atoms with E-state index in [-0.39, 0.29) is 53.2 Å². The molecule has 0 saturated heterocycles. The number of esters is 1. The van der Waals surface area contributed by atoms with Crippen LogP contribution in [0.25, 0.3) is 0 Å². The van der Waals surface area contributed by atoms with Gasteiger partial charge in [-0.25, -0.2) is 0 Å². The van der Waals surface area contributed by atoms with Crippen molar-refractivity contribution < 1.29 is 19.1 Å². The molecule has 4 nitrogen and oxygen atoms in total. The number of carbonyl (C=O) groups is 3. The molecule has 0 aromatic rings. The molecule has 31 heavy (non-hydrogen) atoms. The van der Waals surface area contributed by atoms with Crippen molar-refractivity contribution in [2.45, 2.75) is 83.2 Å². The summed E-state index contributed by atoms with van der Waals surface area (Å²) < 4.78 is 6.56. The minimum atomic E-state index is -0.396. The molecule has 5 saturated carbocycles. The fourth-order valence-corrected chi connectivity index (χ4v) is 8.92. The molecule has 0 heterocycles. The van der Waals surface area contributed by atoms with E-state index in [1.165, 1.54) is 38.5 Å². The third kappa shape index (κ3) is 2.82. The predicted molar refractivity (Wildman–Crippen MR) is 116 cm³/mol. The van der Waals surface area contributed by atoms with E-state index in [0.29, 0.717) is 24.0 Å². The highest BCUT2D eigenvalue weighted by atomic mass is 16.6. The molecule has 0 spiro atoms. The van der Waals surface area contributed by atoms with Crippen LogP contribution in [0.1, 0.15) is 77.6 Å². The van der Waals surface area contributed by atoms with E-state index in [1.54, 1.807) is 0 Å². The van der Waals surface area contributed by atoms with Gasteiger partial charge in [-0.1, -0.05) is 50.7 Å². The van der Waals surface area contributed by atoms with Gasteiger partial charge in [-0.05, 0) is 62.7 Å². The van der Waals surface area contributed by atoms with Crippen LogP contribution in [0.4, 0.5) is 0 Å². The zero-order chi connectivity index (χ0) is 21.3. The second-order valence-corrected chi connectivity index (χ2v) is 11.6. The van der Waals surface area contributed by atoms with E-state index in [9.17, 15) is 14.4 Å². The Morgan fingerprint density at radius 2 is 1.39 bits per heavy atom. The van der Waals surface area contributed by atoms with Crippen LogP contribution in [0.2, 0.25) is 0 Å². The van der Waals surface area contributed by atoms with Crippen LogP contribution in [0, 0.1) is 53.3 Å². The van der Waals surface area contributed by atoms with Crippen molar-refractivity contribution in [2.75, 3.05) is 0 Å². The van der Waals surface area contributed by atoms with Crippen LogP contribution >= 0.6 is 0 Å². The van der Waals surface area contributed by atoms with Gasteiger partial charge < -0.3 is 4.74 Å². The third-order valence-electron chi connectivity index (χ3n) is 10.4. The van der Waals surface area contributed by atoms with E-state index in [0.717, 1.165) is 25.7 Å². The monoisotopic (exact) mass is 424 g/mol. The minimum Gasteiger partial charge on any atom is -0.459 e. The maximum Gasteiger partial charge on any atom is 0.310 e. The van der Waals surface area contributed by atoms with Crippen molar-refractivity contribution in [3.8, 4) is 0 Å². The first-order valence-corrected chi connectivity index (χ1v) is 13.0. The topological polar surface area (TPSA) is 60.4 Å². The number of rotatable bonds is 4. The van der Waals surface area contributed by atoms with Gasteiger partial charge in [0.15, 0.2) is 0 Å². The Labute approximate surface area is 185 Å². The summed E-state index contributed by atoms with van der Waals surface area (Å²) in [6.45, 7) is 2.22. The summed E-state index contributed by atoms with van der Waals surface area (Å²) in [4.78, 5) is 39.5. The van der Waals surface area contributed by atoms with Gasteiger partial charge in [0.1, 0.15) is 17.2 Å². The molecule has 0 amide bonds. The average molecular weight is 425 g/mol. The second-order valence-electron chi connectivity index (χ2n) is 11.6. The van der Waals surface area contributed by atoms with Crippen molar-refractivity contribution >= 4 is 17.5 Å². The standard InChI is InChI=1S/C27H36O4/c1-27(15-8-4-2-5-9-15,16-10-6-3-7-11-16)31-26(30)20-14-19-21-17-12-13-18(24(17)28)22(21)23(20)25(19)29/h12-13,15-23H,2-11,14H2,1H3. The lowest BCUT2D eigenvalue weighted by molar-refractivity contribution is -0.184. The summed E-state index contributed by atoms with van der Waals surface area (Å²) >= 11 is 0. The number of ether oxygens (including phenoxy) is 1. The summed E-state index contributed by atoms with van der Waals surface area (Å²) in [5.41, 5.74) is -0.396. The minimum absolute atomic E-state index is 0.0573. The summed E-state index contributed by atoms with van der Waals surface area (Å²) in [5.74, 6) is 0.608. The summed E-state index contributed by atoms with van der Waals surface area (Å²) in [7, 11) is 0. The van der Waals surface area contributed by atoms with Crippen molar-refractivity contribution in [1.29, 1.82) is 0 Å². The van der Waals surface area contributed by atoms with E-state index >= 15 is 0 Å². The Bertz CT molecular complexity index is 797. The Morgan fingerprint density at radius 3 is 1.97 bits per heavy atom. The molecule has 4 bridgehead atoms. The molecular formula is C27H36O4. The highest BCUT2D eigenvalue weighted by Crippen LogP contribution is 2.64. The van der Waals surface area contributed by atoms with Gasteiger partial charge in [0.2, 0.25) is 0 Å². The molecular weight excluding hydrogens is 388 g/mol. The predicted octanol–water partition coefficient (Wildman–Crippen LogP) is 4.90. The molecule has 7 atom stereocenters. The molecule has 6 aliphatic carbocycles. The highest BCUT2D eigenvalue weighted by Gasteiger charge is 2.70. The Hall–Kier alpha value is -1.45. The molecule has 7 unspecified atom stereocenters. The number of allylic oxidation sites excluding steroid dienone is 2. The SMILES string of the molecule is CC(OC(=O)C1CC2C(=O)C1C1C3C=CC(C3=O)C21)(C1CCCCC1)C1CCCCC1. The molecule has 0 aromatic heterocycles. The first kappa shape index (κ1) is 20.2. The largest absolute Gasteiger partial charge is 0.459 e. The quantitative estimate of drug-likeness (QED) is 0.366. The van der Waals surface area contributed by atoms with Crippen molar-refractivity contribution in [3.05, 3.63) is 12.2 Å². The van der Waals surface area contributed by atoms with Gasteiger partial charge in [0, 0.05) is 23.7 Å². The Kier molecular flexibility index (Phi) is 4.74. The molecule has 168 valence electrons. The summed E-state index contributed by atoms with van der Waals surface area (Å²) in [6.07, 6.45) is 16.8. The normalized spacial score (nSPS) is 42.4. The maximum absolute atomic E-state index is 13.7. The zero-order valence-corrected chi connectivity index (χ0v) is 18.8. The summed E-state index contributed by atoms with van der Waals surface area (Å²) in [6, 6.07) is 0. The smallest absolute Gasteiger partial charge is 0.310 e. The van der Waals surface area contributed by atoms with Crippen LogP contribution in [0.3, 0.4) is 0 Å². The first-order valence-electron chi connectivity index (χ1n) is 13.0. The molecule has 0 aromatic carbocycles. The second kappa shape index (κ2) is 7.28. The molecule has 0 N–H and O–H groups in total. The molecule has 0 aliphatic heterocycles. The van der Waals surface area contributed by atoms with Crippen molar-refractivity contribution in [1.82, 2.24) is 0 Å². The molecule has 0 radical (unpaired) electrons. The van der Waals surface area contributed by atoms with Gasteiger partial charge in [0.05, 0.1) is 5.92 Å². The van der Waals surface area contributed by atoms with Crippen LogP contribution in [-0.4, -0.2) is 23.1 Å². The van der Waals surface area contributed by atoms with Gasteiger partial charge in [0.25, 0.3) is 0 Å². The fraction of sp³-hybridized carbons (Fsp3) is 0.815.